The third-order valence-corrected chi connectivity index (χ3v) is 2.57. The second-order valence-electron chi connectivity index (χ2n) is 5.01. The fourth-order valence-corrected chi connectivity index (χ4v) is 1.79. The number of hydrogen-bond acceptors (Lipinski definition) is 3. The van der Waals surface area contributed by atoms with E-state index in [2.05, 4.69) is 5.32 Å². The molecular formula is C11H20N2O4. The van der Waals surface area contributed by atoms with Gasteiger partial charge in [0.2, 0.25) is 0 Å². The van der Waals surface area contributed by atoms with E-state index in [0.29, 0.717) is 19.7 Å². The van der Waals surface area contributed by atoms with E-state index in [4.69, 9.17) is 9.84 Å². The maximum absolute atomic E-state index is 11.9. The van der Waals surface area contributed by atoms with E-state index in [1.807, 2.05) is 6.92 Å². The quantitative estimate of drug-likeness (QED) is 0.764. The average molecular weight is 244 g/mol. The number of amides is 2. The number of carboxylic acids is 1. The van der Waals surface area contributed by atoms with Gasteiger partial charge in [-0.25, -0.2) is 4.79 Å². The van der Waals surface area contributed by atoms with Crippen LogP contribution in [-0.2, 0) is 9.53 Å². The van der Waals surface area contributed by atoms with Crippen molar-refractivity contribution in [2.75, 3.05) is 19.7 Å². The zero-order valence-electron chi connectivity index (χ0n) is 10.5. The molecule has 0 aromatic heterocycles. The molecule has 0 aliphatic carbocycles. The largest absolute Gasteiger partial charge is 0.481 e. The van der Waals surface area contributed by atoms with Gasteiger partial charge in [-0.05, 0) is 20.8 Å². The molecule has 17 heavy (non-hydrogen) atoms. The zero-order chi connectivity index (χ0) is 13.1. The topological polar surface area (TPSA) is 78.9 Å². The van der Waals surface area contributed by atoms with Crippen LogP contribution in [0.15, 0.2) is 0 Å². The normalized spacial score (nSPS) is 21.1. The summed E-state index contributed by atoms with van der Waals surface area (Å²) in [6.45, 7) is 6.90. The summed E-state index contributed by atoms with van der Waals surface area (Å²) in [6.07, 6.45) is -0.0735. The smallest absolute Gasteiger partial charge is 0.317 e. The van der Waals surface area contributed by atoms with E-state index in [-0.39, 0.29) is 18.6 Å². The lowest BCUT2D eigenvalue weighted by molar-refractivity contribution is -0.138. The number of ether oxygens (including phenoxy) is 1. The summed E-state index contributed by atoms with van der Waals surface area (Å²) in [5, 5.41) is 11.5. The molecule has 0 aromatic rings. The Labute approximate surface area is 101 Å². The van der Waals surface area contributed by atoms with Gasteiger partial charge in [-0.15, -0.1) is 0 Å². The van der Waals surface area contributed by atoms with E-state index in [1.54, 1.807) is 18.7 Å². The van der Waals surface area contributed by atoms with Crippen molar-refractivity contribution < 1.29 is 19.4 Å². The first-order chi connectivity index (χ1) is 7.80. The van der Waals surface area contributed by atoms with Crippen LogP contribution < -0.4 is 5.32 Å². The SMILES string of the molecule is CC1CN(C(=O)NC(C)(C)CC(=O)O)CCO1. The summed E-state index contributed by atoms with van der Waals surface area (Å²) in [5.74, 6) is -0.925. The molecular weight excluding hydrogens is 224 g/mol. The molecule has 1 saturated heterocycles. The number of aliphatic carboxylic acids is 1. The van der Waals surface area contributed by atoms with Crippen molar-refractivity contribution >= 4 is 12.0 Å². The monoisotopic (exact) mass is 244 g/mol. The molecule has 0 saturated carbocycles. The molecule has 1 aliphatic heterocycles. The van der Waals surface area contributed by atoms with E-state index >= 15 is 0 Å². The van der Waals surface area contributed by atoms with Crippen molar-refractivity contribution in [3.8, 4) is 0 Å². The van der Waals surface area contributed by atoms with Crippen LogP contribution in [0.4, 0.5) is 4.79 Å². The van der Waals surface area contributed by atoms with Gasteiger partial charge in [-0.2, -0.15) is 0 Å². The molecule has 2 N–H and O–H groups in total. The molecule has 98 valence electrons. The summed E-state index contributed by atoms with van der Waals surface area (Å²) in [6, 6.07) is -0.230. The van der Waals surface area contributed by atoms with E-state index in [9.17, 15) is 9.59 Å². The lowest BCUT2D eigenvalue weighted by atomic mass is 10.0. The van der Waals surface area contributed by atoms with E-state index < -0.39 is 11.5 Å². The molecule has 1 atom stereocenters. The van der Waals surface area contributed by atoms with Gasteiger partial charge in [0.05, 0.1) is 19.1 Å². The Hall–Kier alpha value is -1.30. The van der Waals surface area contributed by atoms with Gasteiger partial charge in [0.15, 0.2) is 0 Å². The number of morpholine rings is 1. The highest BCUT2D eigenvalue weighted by atomic mass is 16.5. The summed E-state index contributed by atoms with van der Waals surface area (Å²) in [7, 11) is 0. The van der Waals surface area contributed by atoms with Crippen LogP contribution in [0.2, 0.25) is 0 Å². The fraction of sp³-hybridized carbons (Fsp3) is 0.818. The van der Waals surface area contributed by atoms with Crippen molar-refractivity contribution in [1.29, 1.82) is 0 Å². The van der Waals surface area contributed by atoms with Crippen LogP contribution in [-0.4, -0.2) is 53.3 Å². The molecule has 6 heteroatoms. The molecule has 0 radical (unpaired) electrons. The number of nitrogens with one attached hydrogen (secondary N) is 1. The molecule has 1 aliphatic rings. The first kappa shape index (κ1) is 13.8. The maximum Gasteiger partial charge on any atom is 0.317 e. The highest BCUT2D eigenvalue weighted by molar-refractivity contribution is 5.76. The number of carbonyl (C=O) groups is 2. The molecule has 1 unspecified atom stereocenters. The van der Waals surface area contributed by atoms with Crippen LogP contribution in [0, 0.1) is 0 Å². The van der Waals surface area contributed by atoms with Crippen LogP contribution in [0.25, 0.3) is 0 Å². The van der Waals surface area contributed by atoms with Crippen molar-refractivity contribution in [2.45, 2.75) is 38.8 Å². The van der Waals surface area contributed by atoms with Gasteiger partial charge in [-0.1, -0.05) is 0 Å². The van der Waals surface area contributed by atoms with Gasteiger partial charge >= 0.3 is 12.0 Å². The maximum atomic E-state index is 11.9. The van der Waals surface area contributed by atoms with Crippen LogP contribution in [0.1, 0.15) is 27.2 Å². The summed E-state index contributed by atoms with van der Waals surface area (Å²) >= 11 is 0. The lowest BCUT2D eigenvalue weighted by Crippen LogP contribution is -2.54. The second-order valence-corrected chi connectivity index (χ2v) is 5.01. The van der Waals surface area contributed by atoms with Gasteiger partial charge in [0.25, 0.3) is 0 Å². The highest BCUT2D eigenvalue weighted by Gasteiger charge is 2.28. The number of nitrogens with zero attached hydrogens (tertiary/aromatic N) is 1. The number of urea groups is 1. The second kappa shape index (κ2) is 5.35. The van der Waals surface area contributed by atoms with Gasteiger partial charge in [0.1, 0.15) is 0 Å². The fourth-order valence-electron chi connectivity index (χ4n) is 1.79. The predicted octanol–water partition coefficient (Wildman–Crippen LogP) is 0.670. The number of hydrogen-bond donors (Lipinski definition) is 2. The Morgan fingerprint density at radius 2 is 2.18 bits per heavy atom. The van der Waals surface area contributed by atoms with Crippen molar-refractivity contribution in [2.24, 2.45) is 0 Å². The lowest BCUT2D eigenvalue weighted by Gasteiger charge is -2.34. The molecule has 1 fully saturated rings. The van der Waals surface area contributed by atoms with Crippen molar-refractivity contribution in [3.63, 3.8) is 0 Å². The predicted molar refractivity (Wildman–Crippen MR) is 61.9 cm³/mol. The Morgan fingerprint density at radius 1 is 1.53 bits per heavy atom. The minimum absolute atomic E-state index is 0.0251. The van der Waals surface area contributed by atoms with Crippen LogP contribution in [0.5, 0.6) is 0 Å². The Morgan fingerprint density at radius 3 is 2.71 bits per heavy atom. The van der Waals surface area contributed by atoms with Crippen molar-refractivity contribution in [1.82, 2.24) is 10.2 Å². The van der Waals surface area contributed by atoms with Crippen LogP contribution in [0.3, 0.4) is 0 Å². The molecule has 0 spiro atoms. The molecule has 6 nitrogen and oxygen atoms in total. The van der Waals surface area contributed by atoms with Gasteiger partial charge < -0.3 is 20.1 Å². The van der Waals surface area contributed by atoms with Gasteiger partial charge in [0, 0.05) is 18.6 Å². The number of carbonyl (C=O) groups excluding carboxylic acids is 1. The third kappa shape index (κ3) is 4.60. The molecule has 1 heterocycles. The summed E-state index contributed by atoms with van der Waals surface area (Å²) in [4.78, 5) is 24.2. The van der Waals surface area contributed by atoms with Crippen LogP contribution >= 0.6 is 0 Å². The Bertz CT molecular complexity index is 304. The first-order valence-corrected chi connectivity index (χ1v) is 5.71. The average Bonchev–Trinajstić information content (AvgIpc) is 2.14. The number of rotatable bonds is 3. The van der Waals surface area contributed by atoms with Crippen molar-refractivity contribution in [3.05, 3.63) is 0 Å². The molecule has 0 aromatic carbocycles. The molecule has 1 rings (SSSR count). The Balaban J connectivity index is 2.50. The summed E-state index contributed by atoms with van der Waals surface area (Å²) in [5.41, 5.74) is -0.746. The zero-order valence-corrected chi connectivity index (χ0v) is 10.5. The Kier molecular flexibility index (Phi) is 4.34. The van der Waals surface area contributed by atoms with E-state index in [1.165, 1.54) is 0 Å². The minimum Gasteiger partial charge on any atom is -0.481 e. The van der Waals surface area contributed by atoms with Gasteiger partial charge in [-0.3, -0.25) is 4.79 Å². The third-order valence-electron chi connectivity index (χ3n) is 2.57. The molecule has 0 bridgehead atoms. The first-order valence-electron chi connectivity index (χ1n) is 5.71. The minimum atomic E-state index is -0.925. The molecule has 2 amide bonds. The number of carboxylic acid groups (broad SMARTS) is 1. The summed E-state index contributed by atoms with van der Waals surface area (Å²) < 4.78 is 5.34. The highest BCUT2D eigenvalue weighted by Crippen LogP contribution is 2.11. The van der Waals surface area contributed by atoms with E-state index in [0.717, 1.165) is 0 Å². The standard InChI is InChI=1S/C11H20N2O4/c1-8-7-13(4-5-17-8)10(16)12-11(2,3)6-9(14)15/h8H,4-7H2,1-3H3,(H,12,16)(H,14,15).